The number of non-ortho nitro benzene ring substituents is 1. The second-order valence-corrected chi connectivity index (χ2v) is 7.45. The van der Waals surface area contributed by atoms with E-state index in [1.807, 2.05) is 0 Å². The Hall–Kier alpha value is -3.91. The summed E-state index contributed by atoms with van der Waals surface area (Å²) in [4.78, 5) is 36.4. The Balaban J connectivity index is 1.85. The van der Waals surface area contributed by atoms with Crippen molar-refractivity contribution < 1.29 is 14.1 Å². The predicted octanol–water partition coefficient (Wildman–Crippen LogP) is 5.23. The number of carbonyl (C=O) groups is 1. The smallest absolute Gasteiger partial charge is 0.270 e. The Morgan fingerprint density at radius 1 is 1.00 bits per heavy atom. The molecule has 0 radical (unpaired) electrons. The fourth-order valence-corrected chi connectivity index (χ4v) is 4.14. The van der Waals surface area contributed by atoms with Crippen molar-refractivity contribution in [2.45, 2.75) is 0 Å². The maximum atomic E-state index is 13.4. The van der Waals surface area contributed by atoms with Crippen LogP contribution in [0, 0.1) is 15.9 Å². The number of halogens is 1. The number of benzene rings is 3. The van der Waals surface area contributed by atoms with Crippen molar-refractivity contribution in [1.29, 1.82) is 0 Å². The summed E-state index contributed by atoms with van der Waals surface area (Å²) in [6.07, 6.45) is 0. The van der Waals surface area contributed by atoms with Crippen LogP contribution in [0.1, 0.15) is 10.4 Å². The fourth-order valence-electron chi connectivity index (χ4n) is 3.04. The minimum atomic E-state index is -0.590. The molecule has 1 N–H and O–H groups in total. The van der Waals surface area contributed by atoms with Crippen LogP contribution in [0.3, 0.4) is 0 Å². The molecule has 0 aliphatic carbocycles. The SMILES string of the molecule is O=C(Nc1sc2ccccc2c(=O)c1-c1ccc(F)cc1)c1cccc([N+](=O)[O-])c1. The second kappa shape index (κ2) is 7.84. The molecule has 1 amide bonds. The van der Waals surface area contributed by atoms with Crippen LogP contribution in [-0.4, -0.2) is 10.8 Å². The number of anilines is 1. The summed E-state index contributed by atoms with van der Waals surface area (Å²) in [5.74, 6) is -1.04. The van der Waals surface area contributed by atoms with Crippen LogP contribution in [0.2, 0.25) is 0 Å². The van der Waals surface area contributed by atoms with Crippen molar-refractivity contribution in [3.63, 3.8) is 0 Å². The molecule has 0 spiro atoms. The highest BCUT2D eigenvalue weighted by molar-refractivity contribution is 7.22. The highest BCUT2D eigenvalue weighted by Crippen LogP contribution is 2.34. The lowest BCUT2D eigenvalue weighted by Crippen LogP contribution is -2.15. The standard InChI is InChI=1S/C22H13FN2O4S/c23-15-10-8-13(9-11-15)19-20(26)17-6-1-2-7-18(17)30-22(19)24-21(27)14-4-3-5-16(12-14)25(28)29/h1-12H,(H,24,27). The van der Waals surface area contributed by atoms with Crippen LogP contribution in [0.15, 0.2) is 77.6 Å². The molecule has 8 heteroatoms. The minimum absolute atomic E-state index is 0.0852. The number of hydrogen-bond donors (Lipinski definition) is 1. The van der Waals surface area contributed by atoms with E-state index < -0.39 is 16.6 Å². The summed E-state index contributed by atoms with van der Waals surface area (Å²) in [7, 11) is 0. The number of hydrogen-bond acceptors (Lipinski definition) is 5. The molecule has 30 heavy (non-hydrogen) atoms. The van der Waals surface area contributed by atoms with E-state index >= 15 is 0 Å². The van der Waals surface area contributed by atoms with Crippen LogP contribution in [0.5, 0.6) is 0 Å². The third-order valence-corrected chi connectivity index (χ3v) is 5.56. The van der Waals surface area contributed by atoms with E-state index in [0.29, 0.717) is 15.6 Å². The molecule has 1 aromatic heterocycles. The summed E-state index contributed by atoms with van der Waals surface area (Å²) >= 11 is 1.20. The van der Waals surface area contributed by atoms with Crippen molar-refractivity contribution in [3.05, 3.63) is 105 Å². The average molecular weight is 420 g/mol. The van der Waals surface area contributed by atoms with Crippen molar-refractivity contribution in [3.8, 4) is 11.1 Å². The topological polar surface area (TPSA) is 89.3 Å². The monoisotopic (exact) mass is 420 g/mol. The van der Waals surface area contributed by atoms with E-state index in [1.165, 1.54) is 53.8 Å². The molecule has 0 aliphatic rings. The number of nitro groups is 1. The van der Waals surface area contributed by atoms with E-state index in [9.17, 15) is 24.1 Å². The Bertz CT molecular complexity index is 1350. The van der Waals surface area contributed by atoms with E-state index in [2.05, 4.69) is 5.32 Å². The molecule has 0 saturated heterocycles. The lowest BCUT2D eigenvalue weighted by molar-refractivity contribution is -0.384. The molecule has 1 heterocycles. The first-order chi connectivity index (χ1) is 14.4. The Labute approximate surface area is 173 Å². The molecule has 0 bridgehead atoms. The summed E-state index contributed by atoms with van der Waals surface area (Å²) in [5, 5.41) is 14.5. The number of fused-ring (bicyclic) bond motifs is 1. The molecule has 3 aromatic carbocycles. The van der Waals surface area contributed by atoms with Gasteiger partial charge in [0.15, 0.2) is 5.43 Å². The number of nitro benzene ring substituents is 1. The van der Waals surface area contributed by atoms with Crippen LogP contribution in [0.25, 0.3) is 21.2 Å². The van der Waals surface area contributed by atoms with Crippen LogP contribution in [-0.2, 0) is 0 Å². The molecule has 0 fully saturated rings. The zero-order chi connectivity index (χ0) is 21.3. The molecule has 0 unspecified atom stereocenters. The first-order valence-corrected chi connectivity index (χ1v) is 9.63. The van der Waals surface area contributed by atoms with Gasteiger partial charge in [0.05, 0.1) is 10.5 Å². The molecular weight excluding hydrogens is 407 g/mol. The zero-order valence-electron chi connectivity index (χ0n) is 15.3. The van der Waals surface area contributed by atoms with Gasteiger partial charge in [-0.05, 0) is 35.9 Å². The van der Waals surface area contributed by atoms with Gasteiger partial charge in [0.2, 0.25) is 0 Å². The molecule has 148 valence electrons. The first kappa shape index (κ1) is 19.4. The minimum Gasteiger partial charge on any atom is -0.313 e. The van der Waals surface area contributed by atoms with Crippen LogP contribution in [0.4, 0.5) is 15.1 Å². The molecule has 0 aliphatic heterocycles. The van der Waals surface area contributed by atoms with E-state index in [-0.39, 0.29) is 27.2 Å². The van der Waals surface area contributed by atoms with Gasteiger partial charge in [-0.3, -0.25) is 19.7 Å². The molecule has 6 nitrogen and oxygen atoms in total. The lowest BCUT2D eigenvalue weighted by Gasteiger charge is -2.12. The first-order valence-electron chi connectivity index (χ1n) is 8.81. The van der Waals surface area contributed by atoms with Crippen LogP contribution < -0.4 is 10.7 Å². The number of amides is 1. The second-order valence-electron chi connectivity index (χ2n) is 6.40. The maximum absolute atomic E-state index is 13.4. The van der Waals surface area contributed by atoms with Gasteiger partial charge in [-0.25, -0.2) is 4.39 Å². The summed E-state index contributed by atoms with van der Waals surface area (Å²) in [5.41, 5.74) is 0.260. The van der Waals surface area contributed by atoms with Gasteiger partial charge in [0, 0.05) is 27.8 Å². The van der Waals surface area contributed by atoms with Gasteiger partial charge >= 0.3 is 0 Å². The Morgan fingerprint density at radius 2 is 1.73 bits per heavy atom. The third kappa shape index (κ3) is 3.68. The van der Waals surface area contributed by atoms with Crippen molar-refractivity contribution in [1.82, 2.24) is 0 Å². The van der Waals surface area contributed by atoms with Gasteiger partial charge in [-0.1, -0.05) is 30.3 Å². The summed E-state index contributed by atoms with van der Waals surface area (Å²) in [6, 6.07) is 17.7. The fraction of sp³-hybridized carbons (Fsp3) is 0. The number of rotatable bonds is 4. The normalized spacial score (nSPS) is 10.7. The van der Waals surface area contributed by atoms with Gasteiger partial charge in [-0.2, -0.15) is 0 Å². The van der Waals surface area contributed by atoms with E-state index in [1.54, 1.807) is 24.3 Å². The van der Waals surface area contributed by atoms with Gasteiger partial charge in [-0.15, -0.1) is 11.3 Å². The number of nitrogens with one attached hydrogen (secondary N) is 1. The average Bonchev–Trinajstić information content (AvgIpc) is 2.75. The van der Waals surface area contributed by atoms with E-state index in [4.69, 9.17) is 0 Å². The van der Waals surface area contributed by atoms with Gasteiger partial charge < -0.3 is 5.32 Å². The lowest BCUT2D eigenvalue weighted by atomic mass is 10.1. The largest absolute Gasteiger partial charge is 0.313 e. The maximum Gasteiger partial charge on any atom is 0.270 e. The van der Waals surface area contributed by atoms with Crippen molar-refractivity contribution >= 4 is 38.0 Å². The number of nitrogens with zero attached hydrogens (tertiary/aromatic N) is 1. The summed E-state index contributed by atoms with van der Waals surface area (Å²) < 4.78 is 14.1. The van der Waals surface area contributed by atoms with Gasteiger partial charge in [0.25, 0.3) is 11.6 Å². The quantitative estimate of drug-likeness (QED) is 0.362. The van der Waals surface area contributed by atoms with Crippen molar-refractivity contribution in [2.75, 3.05) is 5.32 Å². The number of carbonyl (C=O) groups excluding carboxylic acids is 1. The third-order valence-electron chi connectivity index (χ3n) is 4.48. The van der Waals surface area contributed by atoms with Crippen LogP contribution >= 0.6 is 11.3 Å². The highest BCUT2D eigenvalue weighted by atomic mass is 32.1. The Morgan fingerprint density at radius 3 is 2.47 bits per heavy atom. The Kier molecular flexibility index (Phi) is 5.07. The molecule has 0 atom stereocenters. The molecule has 4 aromatic rings. The van der Waals surface area contributed by atoms with E-state index in [0.717, 1.165) is 6.07 Å². The summed E-state index contributed by atoms with van der Waals surface area (Å²) in [6.45, 7) is 0. The molecule has 0 saturated carbocycles. The molecule has 4 rings (SSSR count). The highest BCUT2D eigenvalue weighted by Gasteiger charge is 2.18. The molecular formula is C22H13FN2O4S. The van der Waals surface area contributed by atoms with Crippen molar-refractivity contribution in [2.24, 2.45) is 0 Å². The van der Waals surface area contributed by atoms with Gasteiger partial charge in [0.1, 0.15) is 10.8 Å². The zero-order valence-corrected chi connectivity index (χ0v) is 16.1. The predicted molar refractivity (Wildman–Crippen MR) is 115 cm³/mol.